The van der Waals surface area contributed by atoms with Crippen LogP contribution in [0, 0.1) is 23.4 Å². The lowest BCUT2D eigenvalue weighted by Gasteiger charge is -2.24. The number of rotatable bonds is 5. The summed E-state index contributed by atoms with van der Waals surface area (Å²) in [7, 11) is -2.25. The van der Waals surface area contributed by atoms with Crippen molar-refractivity contribution < 1.29 is 35.7 Å². The number of hydrogen-bond donors (Lipinski definition) is 3. The van der Waals surface area contributed by atoms with Gasteiger partial charge < -0.3 is 19.2 Å². The molecule has 3 atom stereocenters. The van der Waals surface area contributed by atoms with Gasteiger partial charge in [0.15, 0.2) is 23.1 Å². The Morgan fingerprint density at radius 1 is 1.26 bits per heavy atom. The molecular formula is C20H24F3N5O5S2. The number of hydrogen-bond acceptors (Lipinski definition) is 6. The lowest BCUT2D eigenvalue weighted by atomic mass is 10.1. The van der Waals surface area contributed by atoms with E-state index in [4.69, 9.17) is 4.74 Å². The third-order valence-electron chi connectivity index (χ3n) is 5.59. The number of nitrogens with zero attached hydrogens (tertiary/aromatic N) is 2. The molecule has 0 aliphatic carbocycles. The summed E-state index contributed by atoms with van der Waals surface area (Å²) in [5, 5.41) is 2.28. The van der Waals surface area contributed by atoms with Crippen molar-refractivity contribution >= 4 is 33.2 Å². The highest BCUT2D eigenvalue weighted by Gasteiger charge is 2.44. The number of aromatic nitrogens is 1. The first-order chi connectivity index (χ1) is 16.4. The van der Waals surface area contributed by atoms with Gasteiger partial charge in [0.1, 0.15) is 0 Å². The second-order valence-electron chi connectivity index (χ2n) is 8.65. The van der Waals surface area contributed by atoms with E-state index >= 15 is 0 Å². The smallest absolute Gasteiger partial charge is 0.279 e. The normalized spacial score (nSPS) is 22.8. The predicted molar refractivity (Wildman–Crippen MR) is 121 cm³/mol. The Kier molecular flexibility index (Phi) is 7.09. The van der Waals surface area contributed by atoms with Crippen LogP contribution < -0.4 is 19.5 Å². The fourth-order valence-electron chi connectivity index (χ4n) is 4.02. The first-order valence-electron chi connectivity index (χ1n) is 10.6. The molecule has 1 fully saturated rings. The van der Waals surface area contributed by atoms with Crippen molar-refractivity contribution in [3.8, 4) is 5.75 Å². The highest BCUT2D eigenvalue weighted by molar-refractivity contribution is 7.89. The molecule has 10 nitrogen and oxygen atoms in total. The molecule has 2 aliphatic heterocycles. The molecular weight excluding hydrogens is 511 g/mol. The summed E-state index contributed by atoms with van der Waals surface area (Å²) in [5.74, 6) is -5.82. The van der Waals surface area contributed by atoms with E-state index in [0.717, 1.165) is 0 Å². The molecule has 192 valence electrons. The molecule has 0 saturated carbocycles. The van der Waals surface area contributed by atoms with E-state index in [1.807, 2.05) is 0 Å². The quantitative estimate of drug-likeness (QED) is 0.391. The van der Waals surface area contributed by atoms with Gasteiger partial charge in [-0.15, -0.1) is 4.72 Å². The Bertz CT molecular complexity index is 1230. The van der Waals surface area contributed by atoms with Crippen molar-refractivity contribution in [2.24, 2.45) is 13.0 Å². The van der Waals surface area contributed by atoms with Gasteiger partial charge in [0.2, 0.25) is 10.6 Å². The minimum absolute atomic E-state index is 0.0136. The van der Waals surface area contributed by atoms with Gasteiger partial charge in [-0.1, -0.05) is 0 Å². The molecule has 35 heavy (non-hydrogen) atoms. The van der Waals surface area contributed by atoms with Gasteiger partial charge in [0, 0.05) is 49.9 Å². The zero-order valence-corrected chi connectivity index (χ0v) is 20.6. The molecule has 3 heterocycles. The number of ether oxygens (including phenoxy) is 1. The van der Waals surface area contributed by atoms with Crippen LogP contribution in [0.1, 0.15) is 24.3 Å². The average molecular weight is 536 g/mol. The van der Waals surface area contributed by atoms with Gasteiger partial charge in [0.05, 0.1) is 30.2 Å². The minimum atomic E-state index is -3.75. The van der Waals surface area contributed by atoms with Crippen molar-refractivity contribution in [1.82, 2.24) is 18.3 Å². The number of benzene rings is 1. The van der Waals surface area contributed by atoms with Crippen LogP contribution in [-0.4, -0.2) is 59.5 Å². The van der Waals surface area contributed by atoms with Crippen LogP contribution in [0.4, 0.5) is 18.9 Å². The predicted octanol–water partition coefficient (Wildman–Crippen LogP) is 1.24. The molecule has 2 aliphatic rings. The largest absolute Gasteiger partial charge is 0.593 e. The molecule has 0 bridgehead atoms. The van der Waals surface area contributed by atoms with Crippen molar-refractivity contribution in [2.45, 2.75) is 30.8 Å². The van der Waals surface area contributed by atoms with E-state index in [1.165, 1.54) is 22.1 Å². The molecule has 3 unspecified atom stereocenters. The molecule has 15 heteroatoms. The summed E-state index contributed by atoms with van der Waals surface area (Å²) in [4.78, 5) is 13.1. The summed E-state index contributed by atoms with van der Waals surface area (Å²) in [5.41, 5.74) is -0.400. The zero-order valence-electron chi connectivity index (χ0n) is 19.0. The topological polar surface area (TPSA) is 128 Å². The lowest BCUT2D eigenvalue weighted by Crippen LogP contribution is -2.45. The van der Waals surface area contributed by atoms with Crippen LogP contribution in [0.15, 0.2) is 23.2 Å². The van der Waals surface area contributed by atoms with Crippen molar-refractivity contribution in [2.75, 3.05) is 25.0 Å². The monoisotopic (exact) mass is 535 g/mol. The summed E-state index contributed by atoms with van der Waals surface area (Å²) < 4.78 is 92.4. The van der Waals surface area contributed by atoms with Crippen LogP contribution in [0.5, 0.6) is 5.75 Å². The Balaban J connectivity index is 1.57. The van der Waals surface area contributed by atoms with Crippen LogP contribution in [0.2, 0.25) is 0 Å². The van der Waals surface area contributed by atoms with E-state index in [9.17, 15) is 30.9 Å². The second-order valence-corrected chi connectivity index (χ2v) is 11.6. The maximum atomic E-state index is 13.5. The highest BCUT2D eigenvalue weighted by Crippen LogP contribution is 2.35. The molecule has 4 rings (SSSR count). The molecule has 1 aromatic heterocycles. The van der Waals surface area contributed by atoms with Crippen molar-refractivity contribution in [1.29, 1.82) is 0 Å². The summed E-state index contributed by atoms with van der Waals surface area (Å²) in [6.07, 6.45) is 1.41. The Morgan fingerprint density at radius 3 is 2.54 bits per heavy atom. The molecule has 0 radical (unpaired) electrons. The van der Waals surface area contributed by atoms with Gasteiger partial charge in [-0.2, -0.15) is 17.4 Å². The van der Waals surface area contributed by atoms with E-state index in [1.54, 1.807) is 13.8 Å². The number of aryl methyl sites for hydroxylation is 1. The third kappa shape index (κ3) is 5.15. The Labute approximate surface area is 203 Å². The van der Waals surface area contributed by atoms with Gasteiger partial charge in [-0.05, 0) is 13.8 Å². The number of amides is 1. The summed E-state index contributed by atoms with van der Waals surface area (Å²) in [6, 6.07) is 0.496. The molecule has 1 saturated heterocycles. The maximum absolute atomic E-state index is 13.5. The first-order valence-corrected chi connectivity index (χ1v) is 13.2. The van der Waals surface area contributed by atoms with Crippen LogP contribution in [0.25, 0.3) is 0 Å². The van der Waals surface area contributed by atoms with E-state index in [-0.39, 0.29) is 53.7 Å². The standard InChI is InChI=1S/C20H24F3N5O5S2/c1-10(2)26-35(31,32)28-6-11-9-33-19-16(34(30)25-15(11)7-28)8-27(3)18(19)20(29)24-12-4-13(21)17(23)14(22)5-12/h4-5,8,10-11,15,25-26H,6-7,9H2,1-3H3,(H,24,29). The Hall–Kier alpha value is -2.30. The third-order valence-corrected chi connectivity index (χ3v) is 8.55. The molecule has 1 amide bonds. The number of anilines is 1. The summed E-state index contributed by atoms with van der Waals surface area (Å²) in [6.45, 7) is 3.60. The van der Waals surface area contributed by atoms with Crippen molar-refractivity contribution in [3.05, 3.63) is 41.5 Å². The average Bonchev–Trinajstić information content (AvgIpc) is 3.29. The number of nitrogens with one attached hydrogen (secondary N) is 3. The maximum Gasteiger partial charge on any atom is 0.279 e. The lowest BCUT2D eigenvalue weighted by molar-refractivity contribution is 0.101. The zero-order chi connectivity index (χ0) is 25.7. The van der Waals surface area contributed by atoms with Gasteiger partial charge >= 0.3 is 0 Å². The number of carbonyl (C=O) groups excluding carboxylic acids is 1. The second kappa shape index (κ2) is 9.63. The fourth-order valence-corrected chi connectivity index (χ4v) is 6.76. The van der Waals surface area contributed by atoms with E-state index < -0.39 is 51.0 Å². The Morgan fingerprint density at radius 2 is 1.91 bits per heavy atom. The fraction of sp³-hybridized carbons (Fsp3) is 0.450. The number of fused-ring (bicyclic) bond motifs is 2. The number of carbonyl (C=O) groups is 1. The molecule has 3 N–H and O–H groups in total. The van der Waals surface area contributed by atoms with Gasteiger partial charge in [0.25, 0.3) is 16.1 Å². The van der Waals surface area contributed by atoms with Crippen LogP contribution in [-0.2, 0) is 28.6 Å². The summed E-state index contributed by atoms with van der Waals surface area (Å²) >= 11 is -1.86. The van der Waals surface area contributed by atoms with Gasteiger partial charge in [-0.3, -0.25) is 4.79 Å². The number of halogens is 3. The SMILES string of the molecule is CC(C)NS(=O)(=O)N1CC2COc3c(cn(C)c3C(=O)Nc3cc(F)c(F)c(F)c3)[S+]([O-])NC2C1. The molecule has 1 aromatic carbocycles. The molecule has 0 spiro atoms. The minimum Gasteiger partial charge on any atom is -0.593 e. The highest BCUT2D eigenvalue weighted by atomic mass is 32.2. The first kappa shape index (κ1) is 25.8. The van der Waals surface area contributed by atoms with Crippen LogP contribution >= 0.6 is 0 Å². The van der Waals surface area contributed by atoms with Crippen molar-refractivity contribution in [3.63, 3.8) is 0 Å². The van der Waals surface area contributed by atoms with E-state index in [0.29, 0.717) is 12.1 Å². The van der Waals surface area contributed by atoms with Gasteiger partial charge in [-0.25, -0.2) is 13.2 Å². The van der Waals surface area contributed by atoms with E-state index in [2.05, 4.69) is 14.8 Å². The van der Waals surface area contributed by atoms with Crippen LogP contribution in [0.3, 0.4) is 0 Å². The molecule has 2 aromatic rings.